The van der Waals surface area contributed by atoms with Crippen molar-refractivity contribution < 1.29 is 9.91 Å². The van der Waals surface area contributed by atoms with Gasteiger partial charge in [0.25, 0.3) is 0 Å². The standard InChI is InChI=1S/C15H15ClN4O2/c16-12-3-1-4-13(11-12)18-7-9-19(10-8-18)15-14(20(21)22)5-2-6-17-15/h1-6,11H,7-10H2/p+1. The van der Waals surface area contributed by atoms with Gasteiger partial charge in [0.05, 0.1) is 24.2 Å². The smallest absolute Gasteiger partial charge is 0.357 e. The van der Waals surface area contributed by atoms with Crippen LogP contribution in [0.2, 0.25) is 5.02 Å². The number of H-pyrrole nitrogens is 1. The Kier molecular flexibility index (Phi) is 4.11. The number of nitrogens with one attached hydrogen (secondary N) is 1. The topological polar surface area (TPSA) is 63.8 Å². The van der Waals surface area contributed by atoms with E-state index < -0.39 is 0 Å². The Morgan fingerprint density at radius 2 is 1.82 bits per heavy atom. The Hall–Kier alpha value is -2.34. The highest BCUT2D eigenvalue weighted by atomic mass is 35.5. The Labute approximate surface area is 133 Å². The molecule has 2 heterocycles. The van der Waals surface area contributed by atoms with Gasteiger partial charge in [-0.15, -0.1) is 0 Å². The van der Waals surface area contributed by atoms with Gasteiger partial charge in [0.15, 0.2) is 0 Å². The number of halogens is 1. The van der Waals surface area contributed by atoms with Gasteiger partial charge in [0.2, 0.25) is 0 Å². The minimum Gasteiger partial charge on any atom is -0.364 e. The zero-order valence-corrected chi connectivity index (χ0v) is 12.7. The molecule has 7 heteroatoms. The molecule has 0 saturated carbocycles. The lowest BCUT2D eigenvalue weighted by Crippen LogP contribution is -2.48. The Balaban J connectivity index is 1.73. The summed E-state index contributed by atoms with van der Waals surface area (Å²) >= 11 is 6.03. The maximum absolute atomic E-state index is 11.1. The minimum atomic E-state index is -0.352. The number of nitro groups is 1. The number of aromatic nitrogens is 1. The lowest BCUT2D eigenvalue weighted by atomic mass is 10.2. The third-order valence-electron chi connectivity index (χ3n) is 3.78. The summed E-state index contributed by atoms with van der Waals surface area (Å²) < 4.78 is 0. The van der Waals surface area contributed by atoms with Crippen LogP contribution >= 0.6 is 11.6 Å². The Morgan fingerprint density at radius 1 is 1.09 bits per heavy atom. The predicted octanol–water partition coefficient (Wildman–Crippen LogP) is 2.39. The molecule has 3 rings (SSSR count). The minimum absolute atomic E-state index is 0.110. The monoisotopic (exact) mass is 319 g/mol. The summed E-state index contributed by atoms with van der Waals surface area (Å²) in [4.78, 5) is 18.0. The molecule has 1 saturated heterocycles. The number of anilines is 2. The molecule has 0 amide bonds. The van der Waals surface area contributed by atoms with Gasteiger partial charge in [-0.25, -0.2) is 4.98 Å². The molecule has 2 aromatic rings. The lowest BCUT2D eigenvalue weighted by molar-refractivity contribution is -0.411. The van der Waals surface area contributed by atoms with E-state index in [4.69, 9.17) is 11.6 Å². The van der Waals surface area contributed by atoms with Crippen LogP contribution in [0, 0.1) is 10.1 Å². The highest BCUT2D eigenvalue weighted by Crippen LogP contribution is 2.25. The summed E-state index contributed by atoms with van der Waals surface area (Å²) in [5, 5.41) is 11.8. The molecule has 0 unspecified atom stereocenters. The molecule has 1 aromatic heterocycles. The van der Waals surface area contributed by atoms with Gasteiger partial charge in [0.1, 0.15) is 13.1 Å². The van der Waals surface area contributed by atoms with E-state index in [9.17, 15) is 10.1 Å². The van der Waals surface area contributed by atoms with Crippen molar-refractivity contribution in [3.8, 4) is 0 Å². The molecule has 114 valence electrons. The molecule has 1 fully saturated rings. The van der Waals surface area contributed by atoms with Crippen molar-refractivity contribution in [2.24, 2.45) is 0 Å². The van der Waals surface area contributed by atoms with Crippen LogP contribution in [-0.2, 0) is 0 Å². The van der Waals surface area contributed by atoms with E-state index in [0.717, 1.165) is 18.8 Å². The summed E-state index contributed by atoms with van der Waals surface area (Å²) in [5.74, 6) is 0.568. The SMILES string of the molecule is O=[N+]([O-])c1ccc[nH+]c1N1CCN(c2cccc(Cl)c2)CC1. The molecule has 0 atom stereocenters. The van der Waals surface area contributed by atoms with Crippen molar-refractivity contribution in [1.29, 1.82) is 0 Å². The number of pyridine rings is 1. The van der Waals surface area contributed by atoms with Gasteiger partial charge in [-0.3, -0.25) is 15.0 Å². The molecule has 0 spiro atoms. The van der Waals surface area contributed by atoms with E-state index in [1.54, 1.807) is 12.3 Å². The number of benzene rings is 1. The van der Waals surface area contributed by atoms with Crippen molar-refractivity contribution >= 4 is 28.8 Å². The quantitative estimate of drug-likeness (QED) is 0.643. The molecule has 1 N–H and O–H groups in total. The average molecular weight is 320 g/mol. The number of nitrogens with zero attached hydrogens (tertiary/aromatic N) is 3. The van der Waals surface area contributed by atoms with Gasteiger partial charge in [-0.05, 0) is 24.3 Å². The van der Waals surface area contributed by atoms with Crippen LogP contribution in [0.5, 0.6) is 0 Å². The summed E-state index contributed by atoms with van der Waals surface area (Å²) in [5.41, 5.74) is 1.19. The van der Waals surface area contributed by atoms with Crippen molar-refractivity contribution in [3.05, 3.63) is 57.7 Å². The van der Waals surface area contributed by atoms with Crippen molar-refractivity contribution in [1.82, 2.24) is 0 Å². The van der Waals surface area contributed by atoms with Crippen LogP contribution in [0.3, 0.4) is 0 Å². The fraction of sp³-hybridized carbons (Fsp3) is 0.267. The lowest BCUT2D eigenvalue weighted by Gasteiger charge is -2.32. The van der Waals surface area contributed by atoms with Crippen molar-refractivity contribution in [2.45, 2.75) is 0 Å². The number of piperazine rings is 1. The first-order chi connectivity index (χ1) is 10.6. The number of hydrogen-bond donors (Lipinski definition) is 0. The molecular weight excluding hydrogens is 304 g/mol. The van der Waals surface area contributed by atoms with Crippen LogP contribution in [0.25, 0.3) is 0 Å². The summed E-state index contributed by atoms with van der Waals surface area (Å²) in [6.45, 7) is 3.02. The van der Waals surface area contributed by atoms with Crippen LogP contribution in [0.4, 0.5) is 17.2 Å². The molecule has 0 radical (unpaired) electrons. The average Bonchev–Trinajstić information content (AvgIpc) is 2.55. The zero-order valence-electron chi connectivity index (χ0n) is 11.9. The third kappa shape index (κ3) is 2.96. The second-order valence-electron chi connectivity index (χ2n) is 5.12. The van der Waals surface area contributed by atoms with Crippen molar-refractivity contribution in [2.75, 3.05) is 36.0 Å². The van der Waals surface area contributed by atoms with Crippen molar-refractivity contribution in [3.63, 3.8) is 0 Å². The second-order valence-corrected chi connectivity index (χ2v) is 5.55. The van der Waals surface area contributed by atoms with Crippen LogP contribution in [0.1, 0.15) is 0 Å². The first-order valence-corrected chi connectivity index (χ1v) is 7.43. The summed E-state index contributed by atoms with van der Waals surface area (Å²) in [7, 11) is 0. The van der Waals surface area contributed by atoms with E-state index >= 15 is 0 Å². The van der Waals surface area contributed by atoms with Gasteiger partial charge in [0, 0.05) is 16.8 Å². The Morgan fingerprint density at radius 3 is 2.50 bits per heavy atom. The molecule has 1 aliphatic rings. The van der Waals surface area contributed by atoms with Crippen LogP contribution < -0.4 is 14.8 Å². The molecular formula is C15H16ClN4O2+. The van der Waals surface area contributed by atoms with Gasteiger partial charge >= 0.3 is 11.5 Å². The zero-order chi connectivity index (χ0) is 15.5. The Bertz CT molecular complexity index is 687. The van der Waals surface area contributed by atoms with E-state index in [0.29, 0.717) is 23.9 Å². The van der Waals surface area contributed by atoms with Crippen LogP contribution in [-0.4, -0.2) is 31.1 Å². The van der Waals surface area contributed by atoms with Gasteiger partial charge in [-0.1, -0.05) is 17.7 Å². The largest absolute Gasteiger partial charge is 0.364 e. The fourth-order valence-corrected chi connectivity index (χ4v) is 2.87. The van der Waals surface area contributed by atoms with E-state index in [1.165, 1.54) is 6.07 Å². The molecule has 0 bridgehead atoms. The third-order valence-corrected chi connectivity index (χ3v) is 4.01. The van der Waals surface area contributed by atoms with Gasteiger partial charge < -0.3 is 4.90 Å². The summed E-state index contributed by atoms with van der Waals surface area (Å²) in [6, 6.07) is 10.9. The fourth-order valence-electron chi connectivity index (χ4n) is 2.68. The number of aromatic amines is 1. The predicted molar refractivity (Wildman–Crippen MR) is 85.5 cm³/mol. The molecule has 6 nitrogen and oxygen atoms in total. The summed E-state index contributed by atoms with van der Waals surface area (Å²) in [6.07, 6.45) is 1.71. The van der Waals surface area contributed by atoms with Crippen LogP contribution in [0.15, 0.2) is 42.6 Å². The first kappa shape index (κ1) is 14.6. The second kappa shape index (κ2) is 6.19. The van der Waals surface area contributed by atoms with Gasteiger partial charge in [-0.2, -0.15) is 0 Å². The first-order valence-electron chi connectivity index (χ1n) is 7.06. The van der Waals surface area contributed by atoms with E-state index in [2.05, 4.69) is 9.88 Å². The highest BCUT2D eigenvalue weighted by molar-refractivity contribution is 6.30. The maximum Gasteiger partial charge on any atom is 0.357 e. The molecule has 0 aliphatic carbocycles. The maximum atomic E-state index is 11.1. The number of rotatable bonds is 3. The number of hydrogen-bond acceptors (Lipinski definition) is 4. The van der Waals surface area contributed by atoms with E-state index in [1.807, 2.05) is 29.2 Å². The molecule has 1 aliphatic heterocycles. The van der Waals surface area contributed by atoms with E-state index in [-0.39, 0.29) is 10.6 Å². The molecule has 22 heavy (non-hydrogen) atoms. The molecule has 1 aromatic carbocycles. The normalized spacial score (nSPS) is 15.0. The highest BCUT2D eigenvalue weighted by Gasteiger charge is 2.30.